The Morgan fingerprint density at radius 2 is 2.25 bits per heavy atom. The lowest BCUT2D eigenvalue weighted by molar-refractivity contribution is -0.144. The molecule has 0 unspecified atom stereocenters. The Kier molecular flexibility index (Phi) is 3.21. The van der Waals surface area contributed by atoms with E-state index in [0.717, 1.165) is 42.7 Å². The van der Waals surface area contributed by atoms with E-state index in [0.29, 0.717) is 5.02 Å². The third kappa shape index (κ3) is 1.90. The van der Waals surface area contributed by atoms with Crippen LogP contribution in [0, 0.1) is 0 Å². The molecular formula is C15H17ClN2O2. The van der Waals surface area contributed by atoms with Crippen molar-refractivity contribution in [3.63, 3.8) is 0 Å². The number of fused-ring (bicyclic) bond motifs is 1. The lowest BCUT2D eigenvalue weighted by Crippen LogP contribution is -2.26. The standard InChI is InChI=1S/C15H17ClN2O2/c1-3-8-18-12-5-4-10(16)9-11(12)17-13(18)15(6-7-15)14(19)20-2/h4-5,9H,3,6-8H2,1-2H3. The van der Waals surface area contributed by atoms with Crippen molar-refractivity contribution >= 4 is 28.6 Å². The molecule has 0 radical (unpaired) electrons. The molecule has 2 aromatic rings. The van der Waals surface area contributed by atoms with Crippen molar-refractivity contribution in [2.24, 2.45) is 0 Å². The number of carbonyl (C=O) groups excluding carboxylic acids is 1. The second-order valence-electron chi connectivity index (χ2n) is 5.29. The number of ether oxygens (including phenoxy) is 1. The molecule has 0 spiro atoms. The number of nitrogens with zero attached hydrogens (tertiary/aromatic N) is 2. The van der Waals surface area contributed by atoms with Crippen LogP contribution in [0.5, 0.6) is 0 Å². The van der Waals surface area contributed by atoms with Crippen molar-refractivity contribution < 1.29 is 9.53 Å². The highest BCUT2D eigenvalue weighted by atomic mass is 35.5. The van der Waals surface area contributed by atoms with E-state index in [4.69, 9.17) is 16.3 Å². The van der Waals surface area contributed by atoms with E-state index < -0.39 is 5.41 Å². The number of halogens is 1. The summed E-state index contributed by atoms with van der Waals surface area (Å²) in [5, 5.41) is 0.660. The van der Waals surface area contributed by atoms with Crippen LogP contribution in [0.3, 0.4) is 0 Å². The number of carbonyl (C=O) groups is 1. The third-order valence-electron chi connectivity index (χ3n) is 3.91. The molecule has 0 amide bonds. The van der Waals surface area contributed by atoms with Gasteiger partial charge in [-0.1, -0.05) is 18.5 Å². The van der Waals surface area contributed by atoms with Gasteiger partial charge in [0.2, 0.25) is 0 Å². The molecule has 20 heavy (non-hydrogen) atoms. The first-order valence-electron chi connectivity index (χ1n) is 6.87. The van der Waals surface area contributed by atoms with Crippen LogP contribution >= 0.6 is 11.6 Å². The van der Waals surface area contributed by atoms with Gasteiger partial charge in [-0.15, -0.1) is 0 Å². The molecule has 0 atom stereocenters. The number of aryl methyl sites for hydroxylation is 1. The first-order chi connectivity index (χ1) is 9.62. The molecule has 1 aromatic heterocycles. The van der Waals surface area contributed by atoms with Crippen molar-refractivity contribution in [1.29, 1.82) is 0 Å². The van der Waals surface area contributed by atoms with Gasteiger partial charge in [-0.25, -0.2) is 4.98 Å². The number of aromatic nitrogens is 2. The molecule has 1 fully saturated rings. The number of rotatable bonds is 4. The lowest BCUT2D eigenvalue weighted by atomic mass is 10.1. The minimum Gasteiger partial charge on any atom is -0.468 e. The van der Waals surface area contributed by atoms with Gasteiger partial charge < -0.3 is 9.30 Å². The fourth-order valence-corrected chi connectivity index (χ4v) is 2.92. The fraction of sp³-hybridized carbons (Fsp3) is 0.467. The Bertz CT molecular complexity index is 674. The predicted molar refractivity (Wildman–Crippen MR) is 78.0 cm³/mol. The summed E-state index contributed by atoms with van der Waals surface area (Å²) >= 11 is 6.04. The van der Waals surface area contributed by atoms with E-state index in [1.54, 1.807) is 0 Å². The molecule has 1 aliphatic carbocycles. The van der Waals surface area contributed by atoms with Crippen LogP contribution < -0.4 is 0 Å². The smallest absolute Gasteiger partial charge is 0.319 e. The van der Waals surface area contributed by atoms with Crippen LogP contribution in [0.2, 0.25) is 5.02 Å². The fourth-order valence-electron chi connectivity index (χ4n) is 2.76. The first kappa shape index (κ1) is 13.4. The summed E-state index contributed by atoms with van der Waals surface area (Å²) in [6.07, 6.45) is 2.60. The molecule has 0 saturated heterocycles. The summed E-state index contributed by atoms with van der Waals surface area (Å²) in [6.45, 7) is 2.95. The van der Waals surface area contributed by atoms with Crippen molar-refractivity contribution in [3.05, 3.63) is 29.0 Å². The van der Waals surface area contributed by atoms with E-state index in [2.05, 4.69) is 16.5 Å². The zero-order valence-electron chi connectivity index (χ0n) is 11.6. The van der Waals surface area contributed by atoms with Crippen LogP contribution in [0.1, 0.15) is 32.0 Å². The Morgan fingerprint density at radius 3 is 2.85 bits per heavy atom. The highest BCUT2D eigenvalue weighted by molar-refractivity contribution is 6.31. The second kappa shape index (κ2) is 4.77. The van der Waals surface area contributed by atoms with Gasteiger partial charge in [-0.05, 0) is 37.5 Å². The molecule has 106 valence electrons. The van der Waals surface area contributed by atoms with Gasteiger partial charge in [0.15, 0.2) is 0 Å². The van der Waals surface area contributed by atoms with Crippen molar-refractivity contribution in [2.45, 2.75) is 38.1 Å². The van der Waals surface area contributed by atoms with E-state index >= 15 is 0 Å². The highest BCUT2D eigenvalue weighted by Crippen LogP contribution is 2.49. The number of hydrogen-bond acceptors (Lipinski definition) is 3. The molecule has 3 rings (SSSR count). The summed E-state index contributed by atoms with van der Waals surface area (Å²) in [5.41, 5.74) is 1.33. The normalized spacial score (nSPS) is 16.4. The van der Waals surface area contributed by atoms with Crippen molar-refractivity contribution in [1.82, 2.24) is 9.55 Å². The van der Waals surface area contributed by atoms with E-state index in [1.165, 1.54) is 7.11 Å². The topological polar surface area (TPSA) is 44.1 Å². The van der Waals surface area contributed by atoms with Crippen LogP contribution in [0.15, 0.2) is 18.2 Å². The minimum atomic E-state index is -0.546. The zero-order chi connectivity index (χ0) is 14.3. The van der Waals surface area contributed by atoms with Crippen LogP contribution in [-0.4, -0.2) is 22.6 Å². The Morgan fingerprint density at radius 1 is 1.50 bits per heavy atom. The molecule has 1 heterocycles. The quantitative estimate of drug-likeness (QED) is 0.812. The molecule has 4 nitrogen and oxygen atoms in total. The molecule has 5 heteroatoms. The van der Waals surface area contributed by atoms with Gasteiger partial charge in [0.1, 0.15) is 11.2 Å². The monoisotopic (exact) mass is 292 g/mol. The Labute approximate surface area is 122 Å². The largest absolute Gasteiger partial charge is 0.468 e. The molecule has 1 aromatic carbocycles. The number of esters is 1. The van der Waals surface area contributed by atoms with Gasteiger partial charge in [0.25, 0.3) is 0 Å². The maximum Gasteiger partial charge on any atom is 0.319 e. The summed E-state index contributed by atoms with van der Waals surface area (Å²) in [4.78, 5) is 16.8. The summed E-state index contributed by atoms with van der Waals surface area (Å²) in [5.74, 6) is 0.639. The lowest BCUT2D eigenvalue weighted by Gasteiger charge is -2.14. The van der Waals surface area contributed by atoms with Gasteiger partial charge in [0, 0.05) is 11.6 Å². The van der Waals surface area contributed by atoms with E-state index in [9.17, 15) is 4.79 Å². The predicted octanol–water partition coefficient (Wildman–Crippen LogP) is 3.30. The van der Waals surface area contributed by atoms with E-state index in [1.807, 2.05) is 18.2 Å². The van der Waals surface area contributed by atoms with Gasteiger partial charge >= 0.3 is 5.97 Å². The van der Waals surface area contributed by atoms with Crippen molar-refractivity contribution in [2.75, 3.05) is 7.11 Å². The number of hydrogen-bond donors (Lipinski definition) is 0. The average Bonchev–Trinajstić information content (AvgIpc) is 3.17. The molecule has 1 saturated carbocycles. The van der Waals surface area contributed by atoms with Crippen LogP contribution in [0.25, 0.3) is 11.0 Å². The zero-order valence-corrected chi connectivity index (χ0v) is 12.4. The molecular weight excluding hydrogens is 276 g/mol. The second-order valence-corrected chi connectivity index (χ2v) is 5.73. The number of imidazole rings is 1. The maximum atomic E-state index is 12.1. The SMILES string of the molecule is CCCn1c(C2(C(=O)OC)CC2)nc2cc(Cl)ccc21. The van der Waals surface area contributed by atoms with Crippen LogP contribution in [-0.2, 0) is 21.5 Å². The van der Waals surface area contributed by atoms with Gasteiger partial charge in [-0.2, -0.15) is 0 Å². The van der Waals surface area contributed by atoms with Crippen LogP contribution in [0.4, 0.5) is 0 Å². The van der Waals surface area contributed by atoms with Gasteiger partial charge in [-0.3, -0.25) is 4.79 Å². The molecule has 0 N–H and O–H groups in total. The Balaban J connectivity index is 2.19. The molecule has 1 aliphatic rings. The first-order valence-corrected chi connectivity index (χ1v) is 7.25. The third-order valence-corrected chi connectivity index (χ3v) is 4.15. The number of methoxy groups -OCH3 is 1. The average molecular weight is 293 g/mol. The Hall–Kier alpha value is -1.55. The summed E-state index contributed by atoms with van der Waals surface area (Å²) < 4.78 is 7.10. The summed E-state index contributed by atoms with van der Waals surface area (Å²) in [6, 6.07) is 5.68. The highest BCUT2D eigenvalue weighted by Gasteiger charge is 2.56. The minimum absolute atomic E-state index is 0.184. The maximum absolute atomic E-state index is 12.1. The molecule has 0 aliphatic heterocycles. The van der Waals surface area contributed by atoms with Gasteiger partial charge in [0.05, 0.1) is 18.1 Å². The van der Waals surface area contributed by atoms with E-state index in [-0.39, 0.29) is 5.97 Å². The molecule has 0 bridgehead atoms. The number of benzene rings is 1. The van der Waals surface area contributed by atoms with Crippen molar-refractivity contribution in [3.8, 4) is 0 Å². The summed E-state index contributed by atoms with van der Waals surface area (Å²) in [7, 11) is 1.44.